The van der Waals surface area contributed by atoms with E-state index in [0.29, 0.717) is 21.7 Å². The van der Waals surface area contributed by atoms with Crippen molar-refractivity contribution >= 4 is 0 Å². The van der Waals surface area contributed by atoms with Crippen molar-refractivity contribution in [3.8, 4) is 0 Å². The Morgan fingerprint density at radius 3 is 0.900 bits per heavy atom. The summed E-state index contributed by atoms with van der Waals surface area (Å²) in [5, 5.41) is 0. The van der Waals surface area contributed by atoms with E-state index in [1.807, 2.05) is 0 Å². The van der Waals surface area contributed by atoms with Gasteiger partial charge in [0.05, 0.1) is 0 Å². The van der Waals surface area contributed by atoms with Crippen molar-refractivity contribution in [2.45, 2.75) is 106 Å². The molecule has 0 heterocycles. The maximum atomic E-state index is 2.54. The third-order valence-electron chi connectivity index (χ3n) is 7.20. The van der Waals surface area contributed by atoms with E-state index < -0.39 is 0 Å². The summed E-state index contributed by atoms with van der Waals surface area (Å²) in [6.45, 7) is 15.3. The number of hydrogen-bond donors (Lipinski definition) is 0. The van der Waals surface area contributed by atoms with E-state index >= 15 is 0 Å². The lowest BCUT2D eigenvalue weighted by Crippen LogP contribution is -2.58. The minimum Gasteiger partial charge on any atom is -0.0596 e. The van der Waals surface area contributed by atoms with E-state index in [2.05, 4.69) is 41.5 Å². The molecular weight excluding hydrogens is 240 g/mol. The van der Waals surface area contributed by atoms with Crippen molar-refractivity contribution in [3.63, 3.8) is 0 Å². The van der Waals surface area contributed by atoms with E-state index in [1.165, 1.54) is 64.2 Å². The lowest BCUT2D eigenvalue weighted by atomic mass is 9.38. The summed E-state index contributed by atoms with van der Waals surface area (Å²) >= 11 is 0. The van der Waals surface area contributed by atoms with Crippen molar-refractivity contribution in [2.75, 3.05) is 0 Å². The fourth-order valence-electron chi connectivity index (χ4n) is 6.20. The van der Waals surface area contributed by atoms with E-state index in [9.17, 15) is 0 Å². The van der Waals surface area contributed by atoms with Gasteiger partial charge < -0.3 is 0 Å². The fourth-order valence-corrected chi connectivity index (χ4v) is 6.20. The Morgan fingerprint density at radius 1 is 0.450 bits per heavy atom. The first-order valence-corrected chi connectivity index (χ1v) is 9.16. The van der Waals surface area contributed by atoms with Gasteiger partial charge in [0.2, 0.25) is 0 Å². The van der Waals surface area contributed by atoms with E-state index in [1.54, 1.807) is 0 Å². The predicted octanol–water partition coefficient (Wildman–Crippen LogP) is 6.98. The lowest BCUT2D eigenvalue weighted by Gasteiger charge is -2.66. The van der Waals surface area contributed by atoms with E-state index in [4.69, 9.17) is 0 Å². The van der Waals surface area contributed by atoms with Crippen LogP contribution in [0.2, 0.25) is 0 Å². The largest absolute Gasteiger partial charge is 0.0596 e. The zero-order valence-corrected chi connectivity index (χ0v) is 15.1. The van der Waals surface area contributed by atoms with E-state index in [0.717, 1.165) is 0 Å². The molecule has 2 rings (SSSR count). The van der Waals surface area contributed by atoms with Gasteiger partial charge in [0, 0.05) is 0 Å². The Hall–Kier alpha value is 0. The van der Waals surface area contributed by atoms with Crippen molar-refractivity contribution in [3.05, 3.63) is 0 Å². The van der Waals surface area contributed by atoms with Crippen LogP contribution in [0.15, 0.2) is 0 Å². The van der Waals surface area contributed by atoms with Crippen LogP contribution >= 0.6 is 0 Å². The summed E-state index contributed by atoms with van der Waals surface area (Å²) < 4.78 is 0. The average Bonchev–Trinajstić information content (AvgIpc) is 2.38. The predicted molar refractivity (Wildman–Crippen MR) is 89.9 cm³/mol. The van der Waals surface area contributed by atoms with Gasteiger partial charge in [0.1, 0.15) is 0 Å². The first kappa shape index (κ1) is 16.4. The molecule has 0 aliphatic heterocycles. The molecule has 2 aliphatic rings. The average molecular weight is 279 g/mol. The molecule has 0 saturated heterocycles. The minimum atomic E-state index is 0.442. The first-order chi connectivity index (χ1) is 9.16. The Kier molecular flexibility index (Phi) is 4.36. The Morgan fingerprint density at radius 2 is 0.700 bits per heavy atom. The number of rotatable bonds is 1. The normalized spacial score (nSPS) is 27.3. The minimum absolute atomic E-state index is 0.442. The highest BCUT2D eigenvalue weighted by atomic mass is 14.7. The van der Waals surface area contributed by atoms with Crippen molar-refractivity contribution < 1.29 is 0 Å². The molecule has 0 amide bonds. The summed E-state index contributed by atoms with van der Waals surface area (Å²) in [5.74, 6) is 0. The van der Waals surface area contributed by atoms with Gasteiger partial charge in [-0.15, -0.1) is 0 Å². The molecule has 0 aromatic rings. The van der Waals surface area contributed by atoms with Gasteiger partial charge in [-0.3, -0.25) is 0 Å². The highest BCUT2D eigenvalue weighted by Crippen LogP contribution is 2.69. The molecule has 2 aliphatic carbocycles. The van der Waals surface area contributed by atoms with Crippen LogP contribution in [-0.4, -0.2) is 0 Å². The molecule has 0 aromatic carbocycles. The van der Waals surface area contributed by atoms with E-state index in [-0.39, 0.29) is 0 Å². The van der Waals surface area contributed by atoms with Gasteiger partial charge in [-0.05, 0) is 47.3 Å². The smallest absolute Gasteiger partial charge is 0.0187 e. The molecule has 0 heteroatoms. The monoisotopic (exact) mass is 278 g/mol. The molecule has 0 aromatic heterocycles. The number of hydrogen-bond acceptors (Lipinski definition) is 0. The standard InChI is InChI=1S/C20H38/c1-17(2,3)19(13-9-7-10-14-19)20(18(4,5)6)15-11-8-12-16-20/h7-16H2,1-6H3. The molecule has 0 nitrogen and oxygen atoms in total. The van der Waals surface area contributed by atoms with Crippen LogP contribution in [0.5, 0.6) is 0 Å². The van der Waals surface area contributed by atoms with Crippen LogP contribution in [0.4, 0.5) is 0 Å². The van der Waals surface area contributed by atoms with Crippen LogP contribution in [0, 0.1) is 21.7 Å². The Bertz CT molecular complexity index is 277. The molecule has 118 valence electrons. The van der Waals surface area contributed by atoms with Crippen molar-refractivity contribution in [1.82, 2.24) is 0 Å². The van der Waals surface area contributed by atoms with Gasteiger partial charge in [0.25, 0.3) is 0 Å². The second-order valence-corrected chi connectivity index (χ2v) is 9.79. The van der Waals surface area contributed by atoms with Crippen LogP contribution in [0.3, 0.4) is 0 Å². The second-order valence-electron chi connectivity index (χ2n) is 9.79. The topological polar surface area (TPSA) is 0 Å². The molecular formula is C20H38. The molecule has 2 fully saturated rings. The summed E-state index contributed by atoms with van der Waals surface area (Å²) in [5.41, 5.74) is 2.02. The van der Waals surface area contributed by atoms with Crippen LogP contribution in [-0.2, 0) is 0 Å². The highest BCUT2D eigenvalue weighted by Gasteiger charge is 2.61. The quantitative estimate of drug-likeness (QED) is 0.485. The zero-order valence-electron chi connectivity index (χ0n) is 15.1. The molecule has 0 bridgehead atoms. The maximum Gasteiger partial charge on any atom is -0.0187 e. The summed E-state index contributed by atoms with van der Waals surface area (Å²) in [6, 6.07) is 0. The molecule has 0 spiro atoms. The summed E-state index contributed by atoms with van der Waals surface area (Å²) in [7, 11) is 0. The molecule has 0 atom stereocenters. The molecule has 0 unspecified atom stereocenters. The molecule has 0 radical (unpaired) electrons. The van der Waals surface area contributed by atoms with Gasteiger partial charge >= 0.3 is 0 Å². The van der Waals surface area contributed by atoms with Gasteiger partial charge in [-0.1, -0.05) is 80.1 Å². The molecule has 0 N–H and O–H groups in total. The van der Waals surface area contributed by atoms with Crippen molar-refractivity contribution in [2.24, 2.45) is 21.7 Å². The van der Waals surface area contributed by atoms with Gasteiger partial charge in [-0.2, -0.15) is 0 Å². The second kappa shape index (κ2) is 5.33. The van der Waals surface area contributed by atoms with Gasteiger partial charge in [-0.25, -0.2) is 0 Å². The highest BCUT2D eigenvalue weighted by molar-refractivity contribution is 5.10. The molecule has 20 heavy (non-hydrogen) atoms. The SMILES string of the molecule is CC(C)(C)C1(C2(C(C)(C)C)CCCCC2)CCCCC1. The Balaban J connectivity index is 2.52. The van der Waals surface area contributed by atoms with Gasteiger partial charge in [0.15, 0.2) is 0 Å². The summed E-state index contributed by atoms with van der Waals surface area (Å²) in [4.78, 5) is 0. The third-order valence-corrected chi connectivity index (χ3v) is 7.20. The molecule has 2 saturated carbocycles. The summed E-state index contributed by atoms with van der Waals surface area (Å²) in [6.07, 6.45) is 14.7. The lowest BCUT2D eigenvalue weighted by molar-refractivity contribution is -0.169. The first-order valence-electron chi connectivity index (χ1n) is 9.16. The van der Waals surface area contributed by atoms with Crippen LogP contribution in [0.1, 0.15) is 106 Å². The van der Waals surface area contributed by atoms with Crippen LogP contribution < -0.4 is 0 Å². The zero-order chi connectivity index (χ0) is 15.1. The van der Waals surface area contributed by atoms with Crippen molar-refractivity contribution in [1.29, 1.82) is 0 Å². The maximum absolute atomic E-state index is 2.54. The Labute approximate surface area is 128 Å². The third kappa shape index (κ3) is 2.35. The van der Waals surface area contributed by atoms with Crippen LogP contribution in [0.25, 0.3) is 0 Å². The fraction of sp³-hybridized carbons (Fsp3) is 1.00.